The van der Waals surface area contributed by atoms with Gasteiger partial charge >= 0.3 is 0 Å². The van der Waals surface area contributed by atoms with Gasteiger partial charge in [-0.15, -0.1) is 0 Å². The van der Waals surface area contributed by atoms with Crippen molar-refractivity contribution in [2.24, 2.45) is 18.9 Å². The van der Waals surface area contributed by atoms with Crippen LogP contribution in [0.2, 0.25) is 0 Å². The van der Waals surface area contributed by atoms with Gasteiger partial charge in [0.15, 0.2) is 0 Å². The lowest BCUT2D eigenvalue weighted by molar-refractivity contribution is -0.129. The lowest BCUT2D eigenvalue weighted by atomic mass is 9.71. The molecule has 0 saturated heterocycles. The van der Waals surface area contributed by atoms with E-state index in [9.17, 15) is 18.0 Å². The summed E-state index contributed by atoms with van der Waals surface area (Å²) in [4.78, 5) is 19.8. The maximum absolute atomic E-state index is 14.5. The number of hydrogen-bond donors (Lipinski definition) is 2. The fraction of sp³-hybridized carbons (Fsp3) is 0.280. The molecule has 2 aromatic heterocycles. The second kappa shape index (κ2) is 8.42. The van der Waals surface area contributed by atoms with Gasteiger partial charge in [0.05, 0.1) is 12.1 Å². The van der Waals surface area contributed by atoms with Crippen LogP contribution in [0.1, 0.15) is 24.2 Å². The number of carbonyl (C=O) groups excluding carboxylic acids is 1. The third kappa shape index (κ3) is 4.13. The molecular formula is C25H23F3N4O. The molecule has 0 aliphatic heterocycles. The standard InChI is InChI=1S/C25H23F3N4O/c1-32-7-6-29-22(32)13-30-25(33)16-8-14(9-16)10-19-20-11-18(27)12-21(28)24(20)31-23(19)15-2-4-17(26)5-3-15/h2-7,11-12,14,16,31H,8-10,13H2,1H3,(H,30,33). The summed E-state index contributed by atoms with van der Waals surface area (Å²) in [6, 6.07) is 8.09. The van der Waals surface area contributed by atoms with Gasteiger partial charge in [-0.1, -0.05) is 0 Å². The molecule has 0 spiro atoms. The highest BCUT2D eigenvalue weighted by Crippen LogP contribution is 2.41. The van der Waals surface area contributed by atoms with Crippen molar-refractivity contribution in [1.29, 1.82) is 0 Å². The molecule has 5 nitrogen and oxygen atoms in total. The third-order valence-electron chi connectivity index (χ3n) is 6.51. The molecule has 0 bridgehead atoms. The molecule has 1 saturated carbocycles. The van der Waals surface area contributed by atoms with E-state index in [1.54, 1.807) is 18.3 Å². The first-order valence-corrected chi connectivity index (χ1v) is 10.9. The summed E-state index contributed by atoms with van der Waals surface area (Å²) >= 11 is 0. The van der Waals surface area contributed by atoms with Gasteiger partial charge in [0.2, 0.25) is 5.91 Å². The van der Waals surface area contributed by atoms with Crippen molar-refractivity contribution in [2.45, 2.75) is 25.8 Å². The van der Waals surface area contributed by atoms with E-state index in [1.165, 1.54) is 18.2 Å². The van der Waals surface area contributed by atoms with E-state index in [0.717, 1.165) is 17.5 Å². The van der Waals surface area contributed by atoms with Crippen molar-refractivity contribution in [1.82, 2.24) is 19.9 Å². The van der Waals surface area contributed by atoms with Crippen molar-refractivity contribution >= 4 is 16.8 Å². The number of rotatable bonds is 6. The molecule has 2 heterocycles. The first-order valence-electron chi connectivity index (χ1n) is 10.9. The van der Waals surface area contributed by atoms with Crippen molar-refractivity contribution in [2.75, 3.05) is 0 Å². The van der Waals surface area contributed by atoms with Crippen LogP contribution in [0.4, 0.5) is 13.2 Å². The Balaban J connectivity index is 1.33. The largest absolute Gasteiger partial charge is 0.352 e. The molecule has 2 N–H and O–H groups in total. The number of amides is 1. The number of H-pyrrole nitrogens is 1. The molecule has 0 unspecified atom stereocenters. The average Bonchev–Trinajstić information content (AvgIpc) is 3.32. The van der Waals surface area contributed by atoms with Crippen molar-refractivity contribution < 1.29 is 18.0 Å². The van der Waals surface area contributed by atoms with Crippen LogP contribution in [0.25, 0.3) is 22.2 Å². The van der Waals surface area contributed by atoms with Crippen LogP contribution in [-0.2, 0) is 24.8 Å². The van der Waals surface area contributed by atoms with Crippen molar-refractivity contribution in [3.63, 3.8) is 0 Å². The Labute approximate surface area is 188 Å². The van der Waals surface area contributed by atoms with Gasteiger partial charge in [0, 0.05) is 42.5 Å². The lowest BCUT2D eigenvalue weighted by Crippen LogP contribution is -2.39. The number of aromatic amines is 1. The summed E-state index contributed by atoms with van der Waals surface area (Å²) in [6.45, 7) is 0.374. The van der Waals surface area contributed by atoms with Crippen LogP contribution in [0.15, 0.2) is 48.8 Å². The van der Waals surface area contributed by atoms with Crippen LogP contribution in [0, 0.1) is 29.3 Å². The minimum Gasteiger partial charge on any atom is -0.352 e. The zero-order valence-electron chi connectivity index (χ0n) is 18.0. The smallest absolute Gasteiger partial charge is 0.223 e. The highest BCUT2D eigenvalue weighted by Gasteiger charge is 2.35. The maximum atomic E-state index is 14.5. The average molecular weight is 452 g/mol. The summed E-state index contributed by atoms with van der Waals surface area (Å²) in [6.07, 6.45) is 5.47. The molecule has 1 aliphatic rings. The Morgan fingerprint density at radius 3 is 2.61 bits per heavy atom. The van der Waals surface area contributed by atoms with Gasteiger partial charge in [-0.25, -0.2) is 18.2 Å². The summed E-state index contributed by atoms with van der Waals surface area (Å²) in [5.74, 6) is -0.797. The Kier molecular flexibility index (Phi) is 5.44. The number of benzene rings is 2. The van der Waals surface area contributed by atoms with E-state index < -0.39 is 11.6 Å². The molecule has 33 heavy (non-hydrogen) atoms. The van der Waals surface area contributed by atoms with E-state index in [4.69, 9.17) is 0 Å². The van der Waals surface area contributed by atoms with Gasteiger partial charge in [-0.3, -0.25) is 4.79 Å². The molecule has 1 aliphatic carbocycles. The predicted molar refractivity (Wildman–Crippen MR) is 119 cm³/mol. The molecule has 4 aromatic rings. The highest BCUT2D eigenvalue weighted by molar-refractivity contribution is 5.91. The number of hydrogen-bond acceptors (Lipinski definition) is 2. The maximum Gasteiger partial charge on any atom is 0.223 e. The topological polar surface area (TPSA) is 62.7 Å². The fourth-order valence-electron chi connectivity index (χ4n) is 4.63. The Morgan fingerprint density at radius 2 is 1.91 bits per heavy atom. The minimum atomic E-state index is -0.667. The molecule has 0 atom stereocenters. The summed E-state index contributed by atoms with van der Waals surface area (Å²) in [5.41, 5.74) is 2.37. The quantitative estimate of drug-likeness (QED) is 0.438. The van der Waals surface area contributed by atoms with E-state index >= 15 is 0 Å². The Bertz CT molecular complexity index is 1320. The van der Waals surface area contributed by atoms with Crippen LogP contribution in [0.3, 0.4) is 0 Å². The van der Waals surface area contributed by atoms with Crippen molar-refractivity contribution in [3.8, 4) is 11.3 Å². The number of nitrogens with zero attached hydrogens (tertiary/aromatic N) is 2. The number of carbonyl (C=O) groups is 1. The van der Waals surface area contributed by atoms with E-state index in [1.807, 2.05) is 17.8 Å². The molecule has 8 heteroatoms. The minimum absolute atomic E-state index is 0.0102. The zero-order chi connectivity index (χ0) is 23.1. The molecule has 5 rings (SSSR count). The molecule has 0 radical (unpaired) electrons. The number of aromatic nitrogens is 3. The van der Waals surface area contributed by atoms with E-state index in [0.29, 0.717) is 42.5 Å². The van der Waals surface area contributed by atoms with Gasteiger partial charge in [-0.05, 0) is 66.6 Å². The number of fused-ring (bicyclic) bond motifs is 1. The SMILES string of the molecule is Cn1ccnc1CNC(=O)C1CC(Cc2c(-c3ccc(F)cc3)[nH]c3c(F)cc(F)cc23)C1. The molecule has 170 valence electrons. The first-order chi connectivity index (χ1) is 15.9. The zero-order valence-corrected chi connectivity index (χ0v) is 18.0. The number of imidazole rings is 1. The van der Waals surface area contributed by atoms with Gasteiger partial charge < -0.3 is 14.9 Å². The van der Waals surface area contributed by atoms with Gasteiger partial charge in [0.1, 0.15) is 23.3 Å². The highest BCUT2D eigenvalue weighted by atomic mass is 19.1. The molecular weight excluding hydrogens is 429 g/mol. The van der Waals surface area contributed by atoms with Crippen LogP contribution in [0.5, 0.6) is 0 Å². The number of halogens is 3. The van der Waals surface area contributed by atoms with Gasteiger partial charge in [-0.2, -0.15) is 0 Å². The third-order valence-corrected chi connectivity index (χ3v) is 6.51. The molecule has 2 aromatic carbocycles. The predicted octanol–water partition coefficient (Wildman–Crippen LogP) is 4.87. The number of aryl methyl sites for hydroxylation is 1. The summed E-state index contributed by atoms with van der Waals surface area (Å²) in [7, 11) is 1.87. The Hall–Kier alpha value is -3.55. The molecule has 1 amide bonds. The second-order valence-electron chi connectivity index (χ2n) is 8.71. The van der Waals surface area contributed by atoms with Crippen LogP contribution >= 0.6 is 0 Å². The summed E-state index contributed by atoms with van der Waals surface area (Å²) in [5, 5.41) is 3.41. The lowest BCUT2D eigenvalue weighted by Gasteiger charge is -2.34. The fourth-order valence-corrected chi connectivity index (χ4v) is 4.63. The monoisotopic (exact) mass is 452 g/mol. The van der Waals surface area contributed by atoms with Crippen LogP contribution in [-0.4, -0.2) is 20.4 Å². The number of nitrogens with one attached hydrogen (secondary N) is 2. The van der Waals surface area contributed by atoms with E-state index in [-0.39, 0.29) is 29.1 Å². The second-order valence-corrected chi connectivity index (χ2v) is 8.71. The first kappa shape index (κ1) is 21.3. The Morgan fingerprint density at radius 1 is 1.15 bits per heavy atom. The van der Waals surface area contributed by atoms with Crippen molar-refractivity contribution in [3.05, 3.63) is 77.6 Å². The van der Waals surface area contributed by atoms with Gasteiger partial charge in [0.25, 0.3) is 0 Å². The van der Waals surface area contributed by atoms with Crippen LogP contribution < -0.4 is 5.32 Å². The van der Waals surface area contributed by atoms with E-state index in [2.05, 4.69) is 15.3 Å². The normalized spacial score (nSPS) is 17.8. The molecule has 1 fully saturated rings. The summed E-state index contributed by atoms with van der Waals surface area (Å²) < 4.78 is 43.8.